The van der Waals surface area contributed by atoms with E-state index in [4.69, 9.17) is 22.1 Å². The number of primary amides is 1. The Morgan fingerprint density at radius 2 is 2.00 bits per heavy atom. The van der Waals surface area contributed by atoms with Gasteiger partial charge in [0.1, 0.15) is 28.6 Å². The SMILES string of the molecule is COc1ccc(-c2c(-c3cc(Cl)c(N=O)cc3O)n[nH]c2C(N)=O)cc1. The van der Waals surface area contributed by atoms with Gasteiger partial charge in [0, 0.05) is 17.2 Å². The number of nitrogens with two attached hydrogens (primary N) is 1. The van der Waals surface area contributed by atoms with Gasteiger partial charge in [-0.05, 0) is 28.9 Å². The monoisotopic (exact) mass is 372 g/mol. The summed E-state index contributed by atoms with van der Waals surface area (Å²) in [6.45, 7) is 0. The van der Waals surface area contributed by atoms with Crippen LogP contribution in [0.3, 0.4) is 0 Å². The van der Waals surface area contributed by atoms with E-state index in [1.807, 2.05) is 0 Å². The molecule has 1 amide bonds. The van der Waals surface area contributed by atoms with Crippen LogP contribution in [-0.2, 0) is 0 Å². The number of phenolic OH excluding ortho intramolecular Hbond substituents is 1. The zero-order valence-electron chi connectivity index (χ0n) is 13.5. The molecule has 0 fully saturated rings. The van der Waals surface area contributed by atoms with Crippen LogP contribution < -0.4 is 10.5 Å². The van der Waals surface area contributed by atoms with Crippen LogP contribution in [-0.4, -0.2) is 28.3 Å². The molecule has 0 atom stereocenters. The molecule has 1 aromatic heterocycles. The highest BCUT2D eigenvalue weighted by molar-refractivity contribution is 6.33. The Morgan fingerprint density at radius 1 is 1.31 bits per heavy atom. The van der Waals surface area contributed by atoms with E-state index < -0.39 is 5.91 Å². The molecule has 132 valence electrons. The molecule has 0 unspecified atom stereocenters. The number of nitrogens with zero attached hydrogens (tertiary/aromatic N) is 2. The van der Waals surface area contributed by atoms with Gasteiger partial charge in [0.25, 0.3) is 5.91 Å². The average molecular weight is 373 g/mol. The van der Waals surface area contributed by atoms with E-state index in [1.165, 1.54) is 13.2 Å². The number of hydrogen-bond donors (Lipinski definition) is 3. The first-order valence-corrected chi connectivity index (χ1v) is 7.73. The first-order chi connectivity index (χ1) is 12.5. The fraction of sp³-hybridized carbons (Fsp3) is 0.0588. The molecular weight excluding hydrogens is 360 g/mol. The third-order valence-electron chi connectivity index (χ3n) is 3.81. The minimum atomic E-state index is -0.716. The molecule has 2 aromatic carbocycles. The summed E-state index contributed by atoms with van der Waals surface area (Å²) < 4.78 is 5.13. The predicted octanol–water partition coefficient (Wildman–Crippen LogP) is 3.61. The van der Waals surface area contributed by atoms with Crippen molar-refractivity contribution in [3.8, 4) is 33.9 Å². The quantitative estimate of drug-likeness (QED) is 0.589. The van der Waals surface area contributed by atoms with Gasteiger partial charge in [-0.3, -0.25) is 9.89 Å². The van der Waals surface area contributed by atoms with Crippen molar-refractivity contribution in [3.05, 3.63) is 52.0 Å². The number of carbonyl (C=O) groups excluding carboxylic acids is 1. The lowest BCUT2D eigenvalue weighted by Crippen LogP contribution is -2.12. The molecule has 26 heavy (non-hydrogen) atoms. The highest BCUT2D eigenvalue weighted by atomic mass is 35.5. The molecule has 1 heterocycles. The molecule has 0 saturated heterocycles. The Hall–Kier alpha value is -3.39. The second kappa shape index (κ2) is 6.85. The molecule has 0 bridgehead atoms. The van der Waals surface area contributed by atoms with E-state index in [0.29, 0.717) is 16.9 Å². The Balaban J connectivity index is 2.25. The van der Waals surface area contributed by atoms with Crippen LogP contribution in [0, 0.1) is 4.91 Å². The first-order valence-electron chi connectivity index (χ1n) is 7.35. The van der Waals surface area contributed by atoms with Crippen LogP contribution >= 0.6 is 11.6 Å². The lowest BCUT2D eigenvalue weighted by atomic mass is 9.97. The second-order valence-electron chi connectivity index (χ2n) is 5.33. The molecule has 0 aliphatic rings. The minimum absolute atomic E-state index is 0.0390. The molecule has 0 saturated carbocycles. The minimum Gasteiger partial charge on any atom is -0.507 e. The fourth-order valence-electron chi connectivity index (χ4n) is 2.56. The summed E-state index contributed by atoms with van der Waals surface area (Å²) in [5.41, 5.74) is 6.87. The van der Waals surface area contributed by atoms with Crippen molar-refractivity contribution in [2.75, 3.05) is 7.11 Å². The van der Waals surface area contributed by atoms with Crippen LogP contribution in [0.15, 0.2) is 41.6 Å². The molecule has 3 aromatic rings. The second-order valence-corrected chi connectivity index (χ2v) is 5.73. The number of carbonyl (C=O) groups is 1. The van der Waals surface area contributed by atoms with Gasteiger partial charge >= 0.3 is 0 Å². The number of nitrogens with one attached hydrogen (secondary N) is 1. The van der Waals surface area contributed by atoms with Gasteiger partial charge < -0.3 is 15.6 Å². The summed E-state index contributed by atoms with van der Waals surface area (Å²) in [7, 11) is 1.54. The van der Waals surface area contributed by atoms with E-state index in [1.54, 1.807) is 24.3 Å². The molecule has 0 aliphatic heterocycles. The van der Waals surface area contributed by atoms with Gasteiger partial charge in [0.2, 0.25) is 0 Å². The normalized spacial score (nSPS) is 10.5. The summed E-state index contributed by atoms with van der Waals surface area (Å²) in [5, 5.41) is 19.7. The largest absolute Gasteiger partial charge is 0.507 e. The van der Waals surface area contributed by atoms with Crippen molar-refractivity contribution in [3.63, 3.8) is 0 Å². The van der Waals surface area contributed by atoms with Gasteiger partial charge in [-0.15, -0.1) is 4.91 Å². The number of halogens is 1. The van der Waals surface area contributed by atoms with E-state index >= 15 is 0 Å². The van der Waals surface area contributed by atoms with Gasteiger partial charge in [-0.1, -0.05) is 23.7 Å². The Bertz CT molecular complexity index is 999. The summed E-state index contributed by atoms with van der Waals surface area (Å²) in [6, 6.07) is 9.34. The number of amides is 1. The number of hydrogen-bond acceptors (Lipinski definition) is 6. The maximum absolute atomic E-state index is 11.8. The molecule has 9 heteroatoms. The number of nitroso groups, excluding NO2 is 1. The zero-order chi connectivity index (χ0) is 18.8. The average Bonchev–Trinajstić information content (AvgIpc) is 3.08. The van der Waals surface area contributed by atoms with E-state index in [-0.39, 0.29) is 33.4 Å². The predicted molar refractivity (Wildman–Crippen MR) is 96.7 cm³/mol. The first kappa shape index (κ1) is 17.4. The molecule has 8 nitrogen and oxygen atoms in total. The topological polar surface area (TPSA) is 131 Å². The van der Waals surface area contributed by atoms with Crippen molar-refractivity contribution in [2.45, 2.75) is 0 Å². The van der Waals surface area contributed by atoms with Crippen molar-refractivity contribution in [2.24, 2.45) is 10.9 Å². The van der Waals surface area contributed by atoms with E-state index in [0.717, 1.165) is 6.07 Å². The third kappa shape index (κ3) is 2.98. The number of ether oxygens (including phenoxy) is 1. The molecule has 3 rings (SSSR count). The number of aromatic hydroxyl groups is 1. The fourth-order valence-corrected chi connectivity index (χ4v) is 2.76. The molecule has 0 aliphatic carbocycles. The van der Waals surface area contributed by atoms with Crippen LogP contribution in [0.25, 0.3) is 22.4 Å². The van der Waals surface area contributed by atoms with E-state index in [2.05, 4.69) is 15.4 Å². The van der Waals surface area contributed by atoms with Crippen LogP contribution in [0.4, 0.5) is 5.69 Å². The third-order valence-corrected chi connectivity index (χ3v) is 4.11. The van der Waals surface area contributed by atoms with Crippen LogP contribution in [0.2, 0.25) is 5.02 Å². The summed E-state index contributed by atoms with van der Waals surface area (Å²) >= 11 is 6.01. The smallest absolute Gasteiger partial charge is 0.267 e. The highest BCUT2D eigenvalue weighted by Gasteiger charge is 2.23. The van der Waals surface area contributed by atoms with Gasteiger partial charge in [-0.25, -0.2) is 0 Å². The van der Waals surface area contributed by atoms with Gasteiger partial charge in [-0.2, -0.15) is 5.10 Å². The maximum atomic E-state index is 11.8. The van der Waals surface area contributed by atoms with Crippen molar-refractivity contribution >= 4 is 23.2 Å². The summed E-state index contributed by atoms with van der Waals surface area (Å²) in [6.07, 6.45) is 0. The number of methoxy groups -OCH3 is 1. The lowest BCUT2D eigenvalue weighted by molar-refractivity contribution is 0.0996. The number of H-pyrrole nitrogens is 1. The Kier molecular flexibility index (Phi) is 4.59. The van der Waals surface area contributed by atoms with E-state index in [9.17, 15) is 14.8 Å². The molecule has 4 N–H and O–H groups in total. The molecular formula is C17H13ClN4O4. The number of rotatable bonds is 5. The van der Waals surface area contributed by atoms with Gasteiger partial charge in [0.15, 0.2) is 0 Å². The lowest BCUT2D eigenvalue weighted by Gasteiger charge is -2.09. The summed E-state index contributed by atoms with van der Waals surface area (Å²) in [5.74, 6) is -0.348. The summed E-state index contributed by atoms with van der Waals surface area (Å²) in [4.78, 5) is 22.5. The van der Waals surface area contributed by atoms with Crippen LogP contribution in [0.5, 0.6) is 11.5 Å². The van der Waals surface area contributed by atoms with Crippen LogP contribution in [0.1, 0.15) is 10.5 Å². The Labute approximate surface area is 152 Å². The standard InChI is InChI=1S/C17H13ClN4O4/c1-26-9-4-2-8(3-5-9)14-15(20-21-16(14)17(19)24)10-6-11(18)12(22-25)7-13(10)23/h2-7,23H,1H3,(H2,19,24)(H,20,21). The van der Waals surface area contributed by atoms with Gasteiger partial charge in [0.05, 0.1) is 12.1 Å². The molecule has 0 radical (unpaired) electrons. The zero-order valence-corrected chi connectivity index (χ0v) is 14.2. The van der Waals surface area contributed by atoms with Crippen molar-refractivity contribution < 1.29 is 14.6 Å². The number of benzene rings is 2. The number of aromatic amines is 1. The number of aromatic nitrogens is 2. The molecule has 0 spiro atoms. The van der Waals surface area contributed by atoms with Crippen molar-refractivity contribution in [1.82, 2.24) is 10.2 Å². The van der Waals surface area contributed by atoms with Crippen molar-refractivity contribution in [1.29, 1.82) is 0 Å². The highest BCUT2D eigenvalue weighted by Crippen LogP contribution is 2.42. The number of phenols is 1. The Morgan fingerprint density at radius 3 is 2.58 bits per heavy atom. The maximum Gasteiger partial charge on any atom is 0.267 e.